The molecule has 10 heterocycles. The molecule has 0 amide bonds. The van der Waals surface area contributed by atoms with Crippen LogP contribution in [0.3, 0.4) is 0 Å². The maximum absolute atomic E-state index is 8.65. The quantitative estimate of drug-likeness (QED) is 0.0326. The van der Waals surface area contributed by atoms with Gasteiger partial charge in [0.25, 0.3) is 0 Å². The van der Waals surface area contributed by atoms with E-state index >= 15 is 0 Å². The fourth-order valence-corrected chi connectivity index (χ4v) is 25.4. The Morgan fingerprint density at radius 3 is 1.20 bits per heavy atom. The molecular weight excluding hydrogens is 1990 g/mol. The summed E-state index contributed by atoms with van der Waals surface area (Å²) in [5.41, 5.74) is 11.4. The number of amidine groups is 2. The van der Waals surface area contributed by atoms with Gasteiger partial charge in [-0.25, -0.2) is 15.0 Å². The van der Waals surface area contributed by atoms with Crippen LogP contribution in [0.1, 0.15) is 240 Å². The van der Waals surface area contributed by atoms with E-state index in [0.29, 0.717) is 209 Å². The van der Waals surface area contributed by atoms with Crippen molar-refractivity contribution >= 4 is 146 Å². The Morgan fingerprint density at radius 1 is 0.367 bits per heavy atom. The van der Waals surface area contributed by atoms with Gasteiger partial charge < -0.3 is 91.7 Å². The van der Waals surface area contributed by atoms with Gasteiger partial charge in [-0.1, -0.05) is 250 Å². The van der Waals surface area contributed by atoms with Gasteiger partial charge >= 0.3 is 0 Å². The van der Waals surface area contributed by atoms with Crippen LogP contribution >= 0.6 is 46.6 Å². The molecule has 6 bridgehead atoms. The van der Waals surface area contributed by atoms with Crippen LogP contribution in [0.25, 0.3) is 59.0 Å². The minimum Gasteiger partial charge on any atom is -0.492 e. The SMILES string of the molecule is CCN(CC)CCN1c2ccccc2Sc2c(OCCC(C)C)c3c(c(OCCC(C)C)c21)/C1=N/c2c4c(OCCC(C)C)c5sc6ccccc6n(CCN(CC)CC)c5c(OCCC(C)C)c4c4nc5n(on24)C(/N=c2\[n-]c(c4c(OCCC(C)C)c6c(c(OCCC(C)C)c24)Sc2ccccc2N6CCN(CC)CC)=NC3=N1)c1c(OCCC(C)C)c2c(c(OCCC(C)C)c1-5)Sc1ccccc1N2CCN(CC)CC.[V]. The zero-order valence-electron chi connectivity index (χ0n) is 93.5. The second-order valence-electron chi connectivity index (χ2n) is 43.7. The molecular formula is C120H161N16O9S4V-. The van der Waals surface area contributed by atoms with Crippen LogP contribution in [0.5, 0.6) is 46.0 Å². The summed E-state index contributed by atoms with van der Waals surface area (Å²) in [6.45, 7) is 69.6. The molecule has 0 fully saturated rings. The molecule has 12 aromatic rings. The first-order valence-corrected chi connectivity index (χ1v) is 59.2. The van der Waals surface area contributed by atoms with Gasteiger partial charge in [0.05, 0.1) is 133 Å². The number of aromatic nitrogens is 5. The van der Waals surface area contributed by atoms with E-state index in [1.807, 2.05) is 9.31 Å². The second-order valence-corrected chi connectivity index (χ2v) is 47.9. The van der Waals surface area contributed by atoms with Crippen molar-refractivity contribution in [1.82, 2.24) is 43.4 Å². The molecule has 6 aliphatic heterocycles. The molecule has 0 saturated heterocycles. The number of ether oxygens (including phenoxy) is 8. The maximum atomic E-state index is 8.65. The predicted molar refractivity (Wildman–Crippen MR) is 617 cm³/mol. The Hall–Kier alpha value is -9.66. The van der Waals surface area contributed by atoms with E-state index in [1.165, 1.54) is 0 Å². The molecule has 150 heavy (non-hydrogen) atoms. The van der Waals surface area contributed by atoms with E-state index in [9.17, 15) is 0 Å². The molecule has 1 atom stereocenters. The van der Waals surface area contributed by atoms with E-state index in [-0.39, 0.29) is 65.9 Å². The average molecular weight is 2150 g/mol. The van der Waals surface area contributed by atoms with Crippen molar-refractivity contribution in [1.29, 1.82) is 0 Å². The minimum absolute atomic E-state index is 0. The van der Waals surface area contributed by atoms with E-state index in [1.54, 1.807) is 46.6 Å². The molecule has 805 valence electrons. The summed E-state index contributed by atoms with van der Waals surface area (Å²) in [4.78, 5) is 62.1. The van der Waals surface area contributed by atoms with Crippen molar-refractivity contribution in [2.24, 2.45) is 67.3 Å². The normalized spacial score (nSPS) is 14.9. The van der Waals surface area contributed by atoms with Crippen molar-refractivity contribution in [3.63, 3.8) is 0 Å². The molecule has 0 spiro atoms. The van der Waals surface area contributed by atoms with Crippen LogP contribution < -0.4 is 68.6 Å². The number of rotatable bonds is 52. The van der Waals surface area contributed by atoms with E-state index < -0.39 is 6.17 Å². The minimum atomic E-state index is -1.22. The van der Waals surface area contributed by atoms with Crippen LogP contribution in [0, 0.1) is 47.3 Å². The van der Waals surface area contributed by atoms with Crippen LogP contribution in [0.2, 0.25) is 0 Å². The summed E-state index contributed by atoms with van der Waals surface area (Å²) in [5, 5.41) is 2.50. The molecule has 1 radical (unpaired) electrons. The van der Waals surface area contributed by atoms with Crippen molar-refractivity contribution in [3.8, 4) is 57.4 Å². The van der Waals surface area contributed by atoms with Crippen LogP contribution in [0.4, 0.5) is 39.9 Å². The fraction of sp³-hybridized carbons (Fsp3) is 0.542. The number of hydrogen-bond donors (Lipinski definition) is 0. The summed E-state index contributed by atoms with van der Waals surface area (Å²) in [6, 6.07) is 35.4. The first kappa shape index (κ1) is 111. The average Bonchev–Trinajstić information content (AvgIpc) is 1.52. The van der Waals surface area contributed by atoms with Gasteiger partial charge in [-0.3, -0.25) is 4.63 Å². The molecule has 8 aromatic carbocycles. The molecule has 0 saturated carbocycles. The number of likely N-dealkylation sites (N-methyl/N-ethyl adjacent to an activating group) is 4. The van der Waals surface area contributed by atoms with Crippen LogP contribution in [0.15, 0.2) is 151 Å². The molecule has 25 nitrogen and oxygen atoms in total. The largest absolute Gasteiger partial charge is 0.492 e. The summed E-state index contributed by atoms with van der Waals surface area (Å²) < 4.78 is 80.8. The third kappa shape index (κ3) is 22.8. The number of fused-ring (bicyclic) bond motifs is 23. The van der Waals surface area contributed by atoms with Gasteiger partial charge in [-0.15, -0.1) is 15.9 Å². The third-order valence-electron chi connectivity index (χ3n) is 29.7. The van der Waals surface area contributed by atoms with Gasteiger partial charge in [0.1, 0.15) is 46.0 Å². The van der Waals surface area contributed by atoms with Gasteiger partial charge in [-0.05, 0) is 200 Å². The first-order chi connectivity index (χ1) is 72.2. The third-order valence-corrected chi connectivity index (χ3v) is 34.3. The molecule has 18 rings (SSSR count). The number of nitrogens with zero attached hydrogens (tertiary/aromatic N) is 16. The summed E-state index contributed by atoms with van der Waals surface area (Å²) >= 11 is 6.87. The zero-order chi connectivity index (χ0) is 105. The second kappa shape index (κ2) is 49.8. The van der Waals surface area contributed by atoms with Crippen molar-refractivity contribution in [3.05, 3.63) is 125 Å². The van der Waals surface area contributed by atoms with E-state index in [2.05, 4.69) is 302 Å². The summed E-state index contributed by atoms with van der Waals surface area (Å²) in [6.07, 6.45) is 4.69. The van der Waals surface area contributed by atoms with Crippen molar-refractivity contribution in [2.45, 2.75) is 260 Å². The maximum Gasteiger partial charge on any atom is 0.187 e. The number of anilines is 6. The number of hydrogen-bond acceptors (Lipinski definition) is 25. The smallest absolute Gasteiger partial charge is 0.187 e. The van der Waals surface area contributed by atoms with Gasteiger partial charge in [0.15, 0.2) is 51.9 Å². The fourth-order valence-electron chi connectivity index (χ4n) is 20.6. The number of para-hydroxylation sites is 4. The van der Waals surface area contributed by atoms with E-state index in [4.69, 9.17) is 72.5 Å². The standard InChI is InChI=1S/C120H161N16O9S4.V/c1-25-127(26-2)57-61-131-81-41-33-38-46-86(81)147-110-97(131)101(137-65-49-73(9)10)89-92(106(110)142-70-54-78(19)20)116-122-113(89)121-114-91-90(102(138-66-50-74(11)12)98-109(105(91)141-69-53-77(17)18)146-85-45-37-34-42-82(85)132(98)62-58-128(27-3)28-4)115(123-114)124-118-95-94(104(140-68-52-76(15)16)100-111(107(95)143-71-55-79(21)22)148-87-47-39-36-44-84(87)134(100)64-60-130(31-7)32-8)119-126-120-96-93(117(125-116)135(120)145-136(118)119)103(139-67-51-75(13)14)99-112(108(96)144-72-56-80(23)24)149-88-48-40-35-43-83(88)133(99)63-59-129(29-5)30-6;/h33-48,73-80,117H,25-32,49-72H2,1-24H3;/q-1;. The van der Waals surface area contributed by atoms with Crippen molar-refractivity contribution < 1.29 is 61.1 Å². The van der Waals surface area contributed by atoms with Gasteiger partial charge in [-0.2, -0.15) is 4.74 Å². The Balaban J connectivity index is 0.0000153. The molecule has 1 unspecified atom stereocenters. The molecule has 4 aromatic heterocycles. The molecule has 30 heteroatoms. The van der Waals surface area contributed by atoms with Gasteiger partial charge in [0.2, 0.25) is 0 Å². The monoisotopic (exact) mass is 2150 g/mol. The Morgan fingerprint density at radius 2 is 0.733 bits per heavy atom. The first-order valence-electron chi connectivity index (χ1n) is 55.9. The van der Waals surface area contributed by atoms with Crippen LogP contribution in [-0.4, -0.2) is 201 Å². The summed E-state index contributed by atoms with van der Waals surface area (Å²) in [5.74, 6) is 8.45. The number of benzene rings is 8. The molecule has 0 aliphatic carbocycles. The predicted octanol–water partition coefficient (Wildman–Crippen LogP) is 28.2. The topological polar surface area (TPSA) is 200 Å². The Labute approximate surface area is 918 Å². The summed E-state index contributed by atoms with van der Waals surface area (Å²) in [7, 11) is 0. The number of aliphatic imine (C=N–C) groups is 2. The van der Waals surface area contributed by atoms with Crippen LogP contribution in [-0.2, 0) is 25.1 Å². The molecule has 6 aliphatic rings. The van der Waals surface area contributed by atoms with Gasteiger partial charge in [0, 0.05) is 113 Å². The Kier molecular flexibility index (Phi) is 37.0. The zero-order valence-corrected chi connectivity index (χ0v) is 98.1. The molecule has 0 N–H and O–H groups in total. The Bertz CT molecular complexity index is 7050. The van der Waals surface area contributed by atoms with Crippen molar-refractivity contribution in [2.75, 3.05) is 166 Å². The van der Waals surface area contributed by atoms with E-state index in [0.717, 1.165) is 214 Å².